The van der Waals surface area contributed by atoms with Crippen LogP contribution in [0.15, 0.2) is 18.2 Å². The first kappa shape index (κ1) is 17.3. The average molecular weight is 293 g/mol. The third-order valence-electron chi connectivity index (χ3n) is 3.31. The van der Waals surface area contributed by atoms with Crippen LogP contribution in [0.1, 0.15) is 26.7 Å². The molecule has 21 heavy (non-hydrogen) atoms. The molecule has 0 saturated heterocycles. The average Bonchev–Trinajstić information content (AvgIpc) is 2.44. The number of amides is 1. The number of anilines is 2. The molecule has 5 nitrogen and oxygen atoms in total. The van der Waals surface area contributed by atoms with E-state index in [2.05, 4.69) is 24.1 Å². The molecule has 0 atom stereocenters. The minimum absolute atomic E-state index is 0.0190. The lowest BCUT2D eigenvalue weighted by molar-refractivity contribution is -0.116. The lowest BCUT2D eigenvalue weighted by Crippen LogP contribution is -2.26. The van der Waals surface area contributed by atoms with Crippen molar-refractivity contribution in [1.82, 2.24) is 4.90 Å². The zero-order valence-corrected chi connectivity index (χ0v) is 13.5. The molecule has 1 rings (SSSR count). The number of methoxy groups -OCH3 is 1. The summed E-state index contributed by atoms with van der Waals surface area (Å²) in [5, 5.41) is 2.86. The van der Waals surface area contributed by atoms with Crippen molar-refractivity contribution in [3.8, 4) is 5.75 Å². The third-order valence-corrected chi connectivity index (χ3v) is 3.31. The first-order valence-electron chi connectivity index (χ1n) is 7.34. The second kappa shape index (κ2) is 8.52. The summed E-state index contributed by atoms with van der Waals surface area (Å²) in [5.41, 5.74) is 6.95. The third kappa shape index (κ3) is 6.49. The Labute approximate surface area is 127 Å². The van der Waals surface area contributed by atoms with Crippen LogP contribution in [0.25, 0.3) is 0 Å². The fourth-order valence-electron chi connectivity index (χ4n) is 1.91. The van der Waals surface area contributed by atoms with E-state index in [1.54, 1.807) is 25.3 Å². The van der Waals surface area contributed by atoms with Gasteiger partial charge in [0.1, 0.15) is 5.75 Å². The summed E-state index contributed by atoms with van der Waals surface area (Å²) in [4.78, 5) is 14.2. The van der Waals surface area contributed by atoms with Gasteiger partial charge in [-0.1, -0.05) is 13.8 Å². The number of hydrogen-bond donors (Lipinski definition) is 2. The van der Waals surface area contributed by atoms with Crippen LogP contribution < -0.4 is 15.8 Å². The van der Waals surface area contributed by atoms with Crippen LogP contribution in [-0.4, -0.2) is 38.1 Å². The van der Waals surface area contributed by atoms with Crippen LogP contribution >= 0.6 is 0 Å². The quantitative estimate of drug-likeness (QED) is 0.723. The van der Waals surface area contributed by atoms with Gasteiger partial charge in [-0.05, 0) is 38.1 Å². The van der Waals surface area contributed by atoms with Crippen molar-refractivity contribution in [2.75, 3.05) is 38.3 Å². The van der Waals surface area contributed by atoms with E-state index in [-0.39, 0.29) is 5.91 Å². The minimum Gasteiger partial charge on any atom is -0.494 e. The van der Waals surface area contributed by atoms with Gasteiger partial charge in [0.25, 0.3) is 0 Å². The van der Waals surface area contributed by atoms with Gasteiger partial charge in [0.2, 0.25) is 5.91 Å². The molecule has 0 aliphatic rings. The summed E-state index contributed by atoms with van der Waals surface area (Å²) < 4.78 is 5.21. The Hall–Kier alpha value is -1.75. The molecule has 1 aromatic rings. The number of benzene rings is 1. The zero-order valence-electron chi connectivity index (χ0n) is 13.5. The highest BCUT2D eigenvalue weighted by atomic mass is 16.5. The van der Waals surface area contributed by atoms with Crippen LogP contribution in [0.3, 0.4) is 0 Å². The van der Waals surface area contributed by atoms with Gasteiger partial charge in [-0.25, -0.2) is 0 Å². The van der Waals surface area contributed by atoms with Gasteiger partial charge in [-0.15, -0.1) is 0 Å². The van der Waals surface area contributed by atoms with E-state index in [0.717, 1.165) is 19.5 Å². The lowest BCUT2D eigenvalue weighted by Gasteiger charge is -2.17. The van der Waals surface area contributed by atoms with Gasteiger partial charge < -0.3 is 20.7 Å². The SMILES string of the molecule is COc1cc(N)ccc1NC(=O)CCN(C)CCC(C)C. The summed E-state index contributed by atoms with van der Waals surface area (Å²) in [7, 11) is 3.60. The summed E-state index contributed by atoms with van der Waals surface area (Å²) >= 11 is 0. The van der Waals surface area contributed by atoms with E-state index < -0.39 is 0 Å². The Morgan fingerprint density at radius 3 is 2.71 bits per heavy atom. The van der Waals surface area contributed by atoms with Crippen molar-refractivity contribution in [2.45, 2.75) is 26.7 Å². The van der Waals surface area contributed by atoms with Gasteiger partial charge >= 0.3 is 0 Å². The number of rotatable bonds is 8. The number of nitrogens with zero attached hydrogens (tertiary/aromatic N) is 1. The number of hydrogen-bond acceptors (Lipinski definition) is 4. The highest BCUT2D eigenvalue weighted by Gasteiger charge is 2.09. The summed E-state index contributed by atoms with van der Waals surface area (Å²) in [6, 6.07) is 5.20. The highest BCUT2D eigenvalue weighted by Crippen LogP contribution is 2.26. The predicted molar refractivity (Wildman–Crippen MR) is 87.6 cm³/mol. The van der Waals surface area contributed by atoms with E-state index in [1.165, 1.54) is 0 Å². The molecule has 0 heterocycles. The summed E-state index contributed by atoms with van der Waals surface area (Å²) in [6.07, 6.45) is 1.60. The molecule has 0 fully saturated rings. The topological polar surface area (TPSA) is 67.6 Å². The lowest BCUT2D eigenvalue weighted by atomic mass is 10.1. The molecule has 0 aliphatic carbocycles. The van der Waals surface area contributed by atoms with Gasteiger partial charge in [0.05, 0.1) is 12.8 Å². The van der Waals surface area contributed by atoms with Crippen molar-refractivity contribution in [3.05, 3.63) is 18.2 Å². The Balaban J connectivity index is 2.43. The van der Waals surface area contributed by atoms with Crippen LogP contribution in [0.4, 0.5) is 11.4 Å². The van der Waals surface area contributed by atoms with Crippen molar-refractivity contribution in [1.29, 1.82) is 0 Å². The monoisotopic (exact) mass is 293 g/mol. The molecular weight excluding hydrogens is 266 g/mol. The van der Waals surface area contributed by atoms with Crippen molar-refractivity contribution >= 4 is 17.3 Å². The first-order valence-corrected chi connectivity index (χ1v) is 7.34. The second-order valence-electron chi connectivity index (χ2n) is 5.74. The maximum Gasteiger partial charge on any atom is 0.225 e. The minimum atomic E-state index is -0.0190. The molecule has 3 N–H and O–H groups in total. The van der Waals surface area contributed by atoms with Crippen molar-refractivity contribution in [3.63, 3.8) is 0 Å². The molecule has 0 spiro atoms. The molecule has 1 aromatic carbocycles. The Morgan fingerprint density at radius 1 is 1.38 bits per heavy atom. The molecule has 0 aliphatic heterocycles. The van der Waals surface area contributed by atoms with Gasteiger partial charge in [0, 0.05) is 24.7 Å². The van der Waals surface area contributed by atoms with E-state index in [1.807, 2.05) is 7.05 Å². The van der Waals surface area contributed by atoms with Gasteiger partial charge in [0.15, 0.2) is 0 Å². The molecule has 0 aromatic heterocycles. The molecule has 5 heteroatoms. The Bertz CT molecular complexity index is 461. The van der Waals surface area contributed by atoms with E-state index >= 15 is 0 Å². The molecule has 118 valence electrons. The molecular formula is C16H27N3O2. The fraction of sp³-hybridized carbons (Fsp3) is 0.562. The molecule has 1 amide bonds. The van der Waals surface area contributed by atoms with E-state index in [0.29, 0.717) is 29.5 Å². The maximum atomic E-state index is 12.0. The fourth-order valence-corrected chi connectivity index (χ4v) is 1.91. The number of nitrogens with two attached hydrogens (primary N) is 1. The molecule has 0 saturated carbocycles. The molecule has 0 unspecified atom stereocenters. The van der Waals surface area contributed by atoms with E-state index in [9.17, 15) is 4.79 Å². The van der Waals surface area contributed by atoms with Gasteiger partial charge in [-0.2, -0.15) is 0 Å². The highest BCUT2D eigenvalue weighted by molar-refractivity contribution is 5.92. The summed E-state index contributed by atoms with van der Waals surface area (Å²) in [6.45, 7) is 6.16. The van der Waals surface area contributed by atoms with Crippen LogP contribution in [0.2, 0.25) is 0 Å². The van der Waals surface area contributed by atoms with Crippen molar-refractivity contribution < 1.29 is 9.53 Å². The number of carbonyl (C=O) groups excluding carboxylic acids is 1. The Morgan fingerprint density at radius 2 is 2.10 bits per heavy atom. The number of ether oxygens (including phenoxy) is 1. The number of carbonyl (C=O) groups is 1. The van der Waals surface area contributed by atoms with Crippen LogP contribution in [0, 0.1) is 5.92 Å². The van der Waals surface area contributed by atoms with Crippen LogP contribution in [0.5, 0.6) is 5.75 Å². The number of nitrogens with one attached hydrogen (secondary N) is 1. The maximum absolute atomic E-state index is 12.0. The smallest absolute Gasteiger partial charge is 0.225 e. The van der Waals surface area contributed by atoms with Crippen LogP contribution in [-0.2, 0) is 4.79 Å². The summed E-state index contributed by atoms with van der Waals surface area (Å²) in [5.74, 6) is 1.24. The standard InChI is InChI=1S/C16H27N3O2/c1-12(2)7-9-19(3)10-8-16(20)18-14-6-5-13(17)11-15(14)21-4/h5-6,11-12H,7-10,17H2,1-4H3,(H,18,20). The Kier molecular flexibility index (Phi) is 7.02. The first-order chi connectivity index (χ1) is 9.92. The largest absolute Gasteiger partial charge is 0.494 e. The molecule has 0 radical (unpaired) electrons. The normalized spacial score (nSPS) is 11.0. The van der Waals surface area contributed by atoms with Gasteiger partial charge in [-0.3, -0.25) is 4.79 Å². The predicted octanol–water partition coefficient (Wildman–Crippen LogP) is 2.58. The second-order valence-corrected chi connectivity index (χ2v) is 5.74. The number of nitrogen functional groups attached to an aromatic ring is 1. The van der Waals surface area contributed by atoms with E-state index in [4.69, 9.17) is 10.5 Å². The van der Waals surface area contributed by atoms with Crippen molar-refractivity contribution in [2.24, 2.45) is 5.92 Å². The molecule has 0 bridgehead atoms. The zero-order chi connectivity index (χ0) is 15.8.